The molecule has 1 aromatic carbocycles. The van der Waals surface area contributed by atoms with Gasteiger partial charge >= 0.3 is 5.97 Å². The van der Waals surface area contributed by atoms with Gasteiger partial charge in [0.25, 0.3) is 5.91 Å². The smallest absolute Gasteiger partial charge is 0.305 e. The van der Waals surface area contributed by atoms with Gasteiger partial charge in [-0.2, -0.15) is 0 Å². The third-order valence-electron chi connectivity index (χ3n) is 3.58. The fraction of sp³-hybridized carbons (Fsp3) is 0.278. The summed E-state index contributed by atoms with van der Waals surface area (Å²) in [4.78, 5) is 34.8. The molecule has 1 heterocycles. The van der Waals surface area contributed by atoms with Crippen LogP contribution >= 0.6 is 0 Å². The standard InChI is InChI=1S/C18H20N2O5/c1-12-4-6-13(7-5-12)14(11-17(22)23)20-16(21)8-9-19-18(24)15-3-2-10-25-15/h2-7,10,14H,8-9,11H2,1H3,(H,19,24)(H,20,21)(H,22,23)/t14-/m0/s1. The molecule has 0 saturated heterocycles. The molecule has 25 heavy (non-hydrogen) atoms. The zero-order valence-corrected chi connectivity index (χ0v) is 13.8. The molecule has 2 amide bonds. The first-order valence-electron chi connectivity index (χ1n) is 7.85. The average molecular weight is 344 g/mol. The first kappa shape index (κ1) is 18.3. The molecular formula is C18H20N2O5. The summed E-state index contributed by atoms with van der Waals surface area (Å²) < 4.78 is 4.95. The molecule has 3 N–H and O–H groups in total. The molecule has 0 aliphatic carbocycles. The Balaban J connectivity index is 1.87. The molecule has 0 bridgehead atoms. The topological polar surface area (TPSA) is 109 Å². The van der Waals surface area contributed by atoms with Gasteiger partial charge in [0.1, 0.15) is 0 Å². The van der Waals surface area contributed by atoms with Crippen LogP contribution < -0.4 is 10.6 Å². The minimum absolute atomic E-state index is 0.0361. The van der Waals surface area contributed by atoms with E-state index in [1.165, 1.54) is 12.3 Å². The van der Waals surface area contributed by atoms with Crippen LogP contribution in [0.15, 0.2) is 47.1 Å². The van der Waals surface area contributed by atoms with Gasteiger partial charge < -0.3 is 20.2 Å². The summed E-state index contributed by atoms with van der Waals surface area (Å²) in [6.45, 7) is 2.05. The third kappa shape index (κ3) is 5.80. The van der Waals surface area contributed by atoms with E-state index in [9.17, 15) is 14.4 Å². The van der Waals surface area contributed by atoms with Crippen molar-refractivity contribution in [2.45, 2.75) is 25.8 Å². The molecule has 2 rings (SSSR count). The Morgan fingerprint density at radius 3 is 2.48 bits per heavy atom. The molecule has 1 aromatic heterocycles. The maximum Gasteiger partial charge on any atom is 0.305 e. The molecule has 7 heteroatoms. The lowest BCUT2D eigenvalue weighted by atomic mass is 10.0. The lowest BCUT2D eigenvalue weighted by molar-refractivity contribution is -0.137. The van der Waals surface area contributed by atoms with E-state index < -0.39 is 17.9 Å². The minimum atomic E-state index is -1.00. The number of amides is 2. The molecule has 0 unspecified atom stereocenters. The lowest BCUT2D eigenvalue weighted by Gasteiger charge is -2.18. The maximum absolute atomic E-state index is 12.1. The van der Waals surface area contributed by atoms with E-state index in [0.29, 0.717) is 0 Å². The Hall–Kier alpha value is -3.09. The Morgan fingerprint density at radius 2 is 1.88 bits per heavy atom. The third-order valence-corrected chi connectivity index (χ3v) is 3.58. The highest BCUT2D eigenvalue weighted by atomic mass is 16.4. The number of aliphatic carboxylic acids is 1. The second kappa shape index (κ2) is 8.68. The van der Waals surface area contributed by atoms with Gasteiger partial charge in [-0.25, -0.2) is 0 Å². The summed E-state index contributed by atoms with van der Waals surface area (Å²) in [5.74, 6) is -1.58. The van der Waals surface area contributed by atoms with Crippen molar-refractivity contribution < 1.29 is 23.9 Å². The molecule has 0 aliphatic heterocycles. The van der Waals surface area contributed by atoms with Gasteiger partial charge in [0, 0.05) is 13.0 Å². The van der Waals surface area contributed by atoms with Crippen molar-refractivity contribution in [3.8, 4) is 0 Å². The molecule has 0 fully saturated rings. The highest BCUT2D eigenvalue weighted by Gasteiger charge is 2.18. The van der Waals surface area contributed by atoms with E-state index in [4.69, 9.17) is 9.52 Å². The number of carbonyl (C=O) groups is 3. The van der Waals surface area contributed by atoms with E-state index in [0.717, 1.165) is 11.1 Å². The summed E-state index contributed by atoms with van der Waals surface area (Å²) in [6.07, 6.45) is 1.21. The average Bonchev–Trinajstić information content (AvgIpc) is 3.09. The fourth-order valence-corrected chi connectivity index (χ4v) is 2.28. The molecule has 0 saturated carbocycles. The van der Waals surface area contributed by atoms with E-state index in [1.54, 1.807) is 18.2 Å². The van der Waals surface area contributed by atoms with E-state index in [-0.39, 0.29) is 31.1 Å². The van der Waals surface area contributed by atoms with Crippen LogP contribution in [-0.4, -0.2) is 29.4 Å². The minimum Gasteiger partial charge on any atom is -0.481 e. The summed E-state index contributed by atoms with van der Waals surface area (Å²) in [7, 11) is 0. The number of hydrogen-bond donors (Lipinski definition) is 3. The Bertz CT molecular complexity index is 722. The number of aryl methyl sites for hydroxylation is 1. The fourth-order valence-electron chi connectivity index (χ4n) is 2.28. The van der Waals surface area contributed by atoms with E-state index >= 15 is 0 Å². The molecule has 0 spiro atoms. The number of furan rings is 1. The van der Waals surface area contributed by atoms with Gasteiger partial charge in [0.2, 0.25) is 5.91 Å². The number of carboxylic acid groups (broad SMARTS) is 1. The number of rotatable bonds is 8. The largest absolute Gasteiger partial charge is 0.481 e. The van der Waals surface area contributed by atoms with Crippen molar-refractivity contribution in [2.24, 2.45) is 0 Å². The van der Waals surface area contributed by atoms with Crippen molar-refractivity contribution in [3.63, 3.8) is 0 Å². The number of carbonyl (C=O) groups excluding carboxylic acids is 2. The molecule has 132 valence electrons. The quantitative estimate of drug-likeness (QED) is 0.679. The van der Waals surface area contributed by atoms with E-state index in [1.807, 2.05) is 19.1 Å². The second-order valence-electron chi connectivity index (χ2n) is 5.61. The van der Waals surface area contributed by atoms with Crippen LogP contribution in [0.5, 0.6) is 0 Å². The summed E-state index contributed by atoms with van der Waals surface area (Å²) >= 11 is 0. The van der Waals surface area contributed by atoms with Crippen molar-refractivity contribution in [2.75, 3.05) is 6.54 Å². The Morgan fingerprint density at radius 1 is 1.16 bits per heavy atom. The van der Waals surface area contributed by atoms with Crippen LogP contribution in [0.3, 0.4) is 0 Å². The first-order chi connectivity index (χ1) is 12.0. The Kier molecular flexibility index (Phi) is 6.33. The zero-order chi connectivity index (χ0) is 18.2. The maximum atomic E-state index is 12.1. The van der Waals surface area contributed by atoms with Crippen molar-refractivity contribution in [3.05, 3.63) is 59.5 Å². The predicted molar refractivity (Wildman–Crippen MR) is 90.0 cm³/mol. The van der Waals surface area contributed by atoms with E-state index in [2.05, 4.69) is 10.6 Å². The molecule has 0 aliphatic rings. The van der Waals surface area contributed by atoms with Crippen LogP contribution in [0.25, 0.3) is 0 Å². The number of benzene rings is 1. The predicted octanol–water partition coefficient (Wildman–Crippen LogP) is 2.04. The number of hydrogen-bond acceptors (Lipinski definition) is 4. The van der Waals surface area contributed by atoms with Gasteiger partial charge in [0.15, 0.2) is 5.76 Å². The summed E-state index contributed by atoms with van der Waals surface area (Å²) in [5, 5.41) is 14.3. The van der Waals surface area contributed by atoms with Gasteiger partial charge in [-0.05, 0) is 24.6 Å². The van der Waals surface area contributed by atoms with Crippen LogP contribution in [-0.2, 0) is 9.59 Å². The highest BCUT2D eigenvalue weighted by Crippen LogP contribution is 2.17. The van der Waals surface area contributed by atoms with Gasteiger partial charge in [-0.1, -0.05) is 29.8 Å². The Labute approximate surface area is 145 Å². The molecule has 0 radical (unpaired) electrons. The normalized spacial score (nSPS) is 11.6. The van der Waals surface area contributed by atoms with Gasteiger partial charge in [-0.15, -0.1) is 0 Å². The SMILES string of the molecule is Cc1ccc([C@H](CC(=O)O)NC(=O)CCNC(=O)c2ccco2)cc1. The van der Waals surface area contributed by atoms with Crippen LogP contribution in [0.2, 0.25) is 0 Å². The summed E-state index contributed by atoms with van der Waals surface area (Å²) in [6, 6.07) is 9.81. The van der Waals surface area contributed by atoms with Crippen LogP contribution in [0.4, 0.5) is 0 Å². The molecular weight excluding hydrogens is 324 g/mol. The van der Waals surface area contributed by atoms with Crippen LogP contribution in [0, 0.1) is 6.92 Å². The summed E-state index contributed by atoms with van der Waals surface area (Å²) in [5.41, 5.74) is 1.77. The van der Waals surface area contributed by atoms with Crippen molar-refractivity contribution in [1.82, 2.24) is 10.6 Å². The second-order valence-corrected chi connectivity index (χ2v) is 5.61. The zero-order valence-electron chi connectivity index (χ0n) is 13.8. The van der Waals surface area contributed by atoms with Gasteiger partial charge in [0.05, 0.1) is 18.7 Å². The molecule has 7 nitrogen and oxygen atoms in total. The highest BCUT2D eigenvalue weighted by molar-refractivity contribution is 5.91. The monoisotopic (exact) mass is 344 g/mol. The molecule has 2 aromatic rings. The lowest BCUT2D eigenvalue weighted by Crippen LogP contribution is -2.33. The number of carboxylic acids is 1. The molecule has 1 atom stereocenters. The van der Waals surface area contributed by atoms with Crippen molar-refractivity contribution >= 4 is 17.8 Å². The van der Waals surface area contributed by atoms with Crippen LogP contribution in [0.1, 0.15) is 40.6 Å². The number of nitrogens with one attached hydrogen (secondary N) is 2. The first-order valence-corrected chi connectivity index (χ1v) is 7.85. The van der Waals surface area contributed by atoms with Gasteiger partial charge in [-0.3, -0.25) is 14.4 Å². The van der Waals surface area contributed by atoms with Crippen molar-refractivity contribution in [1.29, 1.82) is 0 Å².